The van der Waals surface area contributed by atoms with Crippen molar-refractivity contribution in [2.75, 3.05) is 11.9 Å². The molecule has 2 amide bonds. The Bertz CT molecular complexity index is 1190. The molecule has 6 nitrogen and oxygen atoms in total. The molecule has 0 bridgehead atoms. The summed E-state index contributed by atoms with van der Waals surface area (Å²) in [5.74, 6) is -0.654. The number of hydrogen-bond donors (Lipinski definition) is 1. The van der Waals surface area contributed by atoms with Gasteiger partial charge in [0.1, 0.15) is 10.6 Å². The van der Waals surface area contributed by atoms with Crippen molar-refractivity contribution >= 4 is 29.3 Å². The Morgan fingerprint density at radius 1 is 0.879 bits per heavy atom. The highest BCUT2D eigenvalue weighted by Crippen LogP contribution is 2.34. The fraction of sp³-hybridized carbons (Fsp3) is 0.231. The smallest absolute Gasteiger partial charge is 0.278 e. The van der Waals surface area contributed by atoms with Crippen LogP contribution in [0.1, 0.15) is 29.4 Å². The number of nitrogens with zero attached hydrogens (tertiary/aromatic N) is 3. The van der Waals surface area contributed by atoms with Crippen molar-refractivity contribution in [3.63, 3.8) is 0 Å². The van der Waals surface area contributed by atoms with Gasteiger partial charge < -0.3 is 5.32 Å². The molecule has 0 unspecified atom stereocenters. The summed E-state index contributed by atoms with van der Waals surface area (Å²) in [5, 5.41) is 3.64. The van der Waals surface area contributed by atoms with Gasteiger partial charge in [0.25, 0.3) is 11.8 Å². The Labute approximate surface area is 198 Å². The average molecular weight is 459 g/mol. The first-order chi connectivity index (χ1) is 15.9. The zero-order valence-corrected chi connectivity index (χ0v) is 19.8. The Kier molecular flexibility index (Phi) is 6.89. The van der Waals surface area contributed by atoms with E-state index in [-0.39, 0.29) is 17.5 Å². The summed E-state index contributed by atoms with van der Waals surface area (Å²) in [7, 11) is 0. The number of imide groups is 1. The molecule has 2 aromatic carbocycles. The van der Waals surface area contributed by atoms with E-state index in [2.05, 4.69) is 22.2 Å². The van der Waals surface area contributed by atoms with E-state index in [0.29, 0.717) is 23.0 Å². The van der Waals surface area contributed by atoms with Crippen LogP contribution in [0.5, 0.6) is 0 Å². The third kappa shape index (κ3) is 5.31. The summed E-state index contributed by atoms with van der Waals surface area (Å²) >= 11 is 1.13. The van der Waals surface area contributed by atoms with Crippen molar-refractivity contribution in [3.05, 3.63) is 93.8 Å². The molecule has 2 heterocycles. The molecule has 33 heavy (non-hydrogen) atoms. The van der Waals surface area contributed by atoms with Crippen LogP contribution in [0.2, 0.25) is 0 Å². The van der Waals surface area contributed by atoms with Gasteiger partial charge in [-0.15, -0.1) is 0 Å². The maximum absolute atomic E-state index is 13.3. The lowest BCUT2D eigenvalue weighted by Gasteiger charge is -2.15. The lowest BCUT2D eigenvalue weighted by atomic mass is 10.1. The number of aromatic nitrogens is 2. The number of nitrogens with one attached hydrogen (secondary N) is 1. The van der Waals surface area contributed by atoms with Gasteiger partial charge in [-0.3, -0.25) is 14.5 Å². The molecule has 4 rings (SSSR count). The fourth-order valence-corrected chi connectivity index (χ4v) is 4.65. The number of carbonyl (C=O) groups excluding carboxylic acids is 2. The second-order valence-corrected chi connectivity index (χ2v) is 8.89. The maximum Gasteiger partial charge on any atom is 0.278 e. The molecule has 1 aromatic heterocycles. The van der Waals surface area contributed by atoms with Crippen molar-refractivity contribution in [1.29, 1.82) is 0 Å². The molecular weight excluding hydrogens is 432 g/mol. The molecule has 0 saturated heterocycles. The van der Waals surface area contributed by atoms with Crippen LogP contribution < -0.4 is 5.32 Å². The molecule has 1 aliphatic heterocycles. The summed E-state index contributed by atoms with van der Waals surface area (Å²) in [6.45, 7) is 6.16. The first kappa shape index (κ1) is 22.7. The standard InChI is InChI=1S/C26H26N4O2S/c1-4-19-10-12-21(13-11-19)29-22-23(33-26-27-17(2)16-18(3)28-26)25(32)30(24(22)31)15-14-20-8-6-5-7-9-20/h5-13,16,29H,4,14-15H2,1-3H3. The fourth-order valence-electron chi connectivity index (χ4n) is 3.65. The molecular formula is C26H26N4O2S. The van der Waals surface area contributed by atoms with E-state index < -0.39 is 0 Å². The van der Waals surface area contributed by atoms with Gasteiger partial charge in [0.05, 0.1) is 0 Å². The normalized spacial score (nSPS) is 13.7. The first-order valence-corrected chi connectivity index (χ1v) is 11.8. The summed E-state index contributed by atoms with van der Waals surface area (Å²) in [6, 6.07) is 19.6. The predicted octanol–water partition coefficient (Wildman–Crippen LogP) is 4.68. The van der Waals surface area contributed by atoms with Crippen LogP contribution in [0.3, 0.4) is 0 Å². The van der Waals surface area contributed by atoms with Crippen LogP contribution in [0.15, 0.2) is 76.4 Å². The summed E-state index contributed by atoms with van der Waals surface area (Å²) < 4.78 is 0. The van der Waals surface area contributed by atoms with E-state index in [1.165, 1.54) is 10.5 Å². The predicted molar refractivity (Wildman–Crippen MR) is 131 cm³/mol. The average Bonchev–Trinajstić information content (AvgIpc) is 3.02. The maximum atomic E-state index is 13.3. The van der Waals surface area contributed by atoms with E-state index in [4.69, 9.17) is 0 Å². The van der Waals surface area contributed by atoms with Crippen LogP contribution in [0, 0.1) is 13.8 Å². The van der Waals surface area contributed by atoms with Gasteiger partial charge >= 0.3 is 0 Å². The summed E-state index contributed by atoms with van der Waals surface area (Å²) in [4.78, 5) is 37.2. The lowest BCUT2D eigenvalue weighted by Crippen LogP contribution is -2.34. The number of thioether (sulfide) groups is 1. The second kappa shape index (κ2) is 10.0. The van der Waals surface area contributed by atoms with Crippen molar-refractivity contribution in [2.24, 2.45) is 0 Å². The molecule has 0 atom stereocenters. The highest BCUT2D eigenvalue weighted by molar-refractivity contribution is 8.04. The van der Waals surface area contributed by atoms with Crippen molar-refractivity contribution < 1.29 is 9.59 Å². The SMILES string of the molecule is CCc1ccc(NC2=C(Sc3nc(C)cc(C)n3)C(=O)N(CCc3ccccc3)C2=O)cc1. The number of benzene rings is 2. The Morgan fingerprint density at radius 3 is 2.18 bits per heavy atom. The van der Waals surface area contributed by atoms with E-state index in [1.54, 1.807) is 0 Å². The third-order valence-corrected chi connectivity index (χ3v) is 6.33. The first-order valence-electron chi connectivity index (χ1n) is 10.9. The number of rotatable bonds is 8. The second-order valence-electron chi connectivity index (χ2n) is 7.91. The third-order valence-electron chi connectivity index (χ3n) is 5.38. The number of anilines is 1. The molecule has 0 aliphatic carbocycles. The molecule has 168 valence electrons. The van der Waals surface area contributed by atoms with Gasteiger partial charge in [-0.2, -0.15) is 0 Å². The van der Waals surface area contributed by atoms with Gasteiger partial charge in [0.2, 0.25) is 0 Å². The van der Waals surface area contributed by atoms with Crippen LogP contribution in [0.25, 0.3) is 0 Å². The van der Waals surface area contributed by atoms with Crippen LogP contribution in [-0.4, -0.2) is 33.2 Å². The highest BCUT2D eigenvalue weighted by Gasteiger charge is 2.39. The van der Waals surface area contributed by atoms with Crippen LogP contribution >= 0.6 is 11.8 Å². The van der Waals surface area contributed by atoms with Gasteiger partial charge in [-0.25, -0.2) is 9.97 Å². The zero-order valence-electron chi connectivity index (χ0n) is 19.0. The zero-order chi connectivity index (χ0) is 23.4. The Balaban J connectivity index is 1.63. The molecule has 7 heteroatoms. The van der Waals surface area contributed by atoms with Crippen LogP contribution in [-0.2, 0) is 22.4 Å². The summed E-state index contributed by atoms with van der Waals surface area (Å²) in [5.41, 5.74) is 4.92. The quantitative estimate of drug-likeness (QED) is 0.390. The van der Waals surface area contributed by atoms with Crippen molar-refractivity contribution in [1.82, 2.24) is 14.9 Å². The molecule has 0 radical (unpaired) electrons. The Morgan fingerprint density at radius 2 is 1.55 bits per heavy atom. The van der Waals surface area contributed by atoms with E-state index in [1.807, 2.05) is 74.5 Å². The Hall–Kier alpha value is -3.45. The van der Waals surface area contributed by atoms with E-state index >= 15 is 0 Å². The van der Waals surface area contributed by atoms with Gasteiger partial charge in [-0.05, 0) is 67.8 Å². The minimum Gasteiger partial charge on any atom is -0.350 e. The number of aryl methyl sites for hydroxylation is 3. The molecule has 3 aromatic rings. The molecule has 1 N–H and O–H groups in total. The molecule has 1 aliphatic rings. The van der Waals surface area contributed by atoms with Gasteiger partial charge in [0, 0.05) is 23.6 Å². The topological polar surface area (TPSA) is 75.2 Å². The number of hydrogen-bond acceptors (Lipinski definition) is 6. The van der Waals surface area contributed by atoms with Crippen molar-refractivity contribution in [2.45, 2.75) is 38.8 Å². The number of amides is 2. The van der Waals surface area contributed by atoms with E-state index in [0.717, 1.165) is 40.8 Å². The monoisotopic (exact) mass is 458 g/mol. The largest absolute Gasteiger partial charge is 0.350 e. The highest BCUT2D eigenvalue weighted by atomic mass is 32.2. The molecule has 0 fully saturated rings. The van der Waals surface area contributed by atoms with Crippen LogP contribution in [0.4, 0.5) is 5.69 Å². The molecule has 0 saturated carbocycles. The molecule has 0 spiro atoms. The van der Waals surface area contributed by atoms with E-state index in [9.17, 15) is 9.59 Å². The van der Waals surface area contributed by atoms with Crippen molar-refractivity contribution in [3.8, 4) is 0 Å². The number of carbonyl (C=O) groups is 2. The van der Waals surface area contributed by atoms with Gasteiger partial charge in [0.15, 0.2) is 5.16 Å². The summed E-state index contributed by atoms with van der Waals surface area (Å²) in [6.07, 6.45) is 1.52. The lowest BCUT2D eigenvalue weighted by molar-refractivity contribution is -0.137. The minimum atomic E-state index is -0.331. The van der Waals surface area contributed by atoms with Gasteiger partial charge in [-0.1, -0.05) is 49.4 Å². The minimum absolute atomic E-state index is 0.269.